The van der Waals surface area contributed by atoms with E-state index in [0.717, 1.165) is 18.7 Å². The van der Waals surface area contributed by atoms with Crippen molar-refractivity contribution in [1.29, 1.82) is 0 Å². The topological polar surface area (TPSA) is 32.8 Å². The van der Waals surface area contributed by atoms with Crippen LogP contribution in [0.25, 0.3) is 0 Å². The van der Waals surface area contributed by atoms with Crippen molar-refractivity contribution in [2.24, 2.45) is 5.92 Å². The van der Waals surface area contributed by atoms with Crippen LogP contribution in [0.3, 0.4) is 0 Å². The molecule has 4 nitrogen and oxygen atoms in total. The van der Waals surface area contributed by atoms with Crippen LogP contribution in [0.2, 0.25) is 0 Å². The third-order valence-electron chi connectivity index (χ3n) is 6.19. The molecule has 3 aliphatic heterocycles. The highest BCUT2D eigenvalue weighted by Gasteiger charge is 2.61. The fourth-order valence-corrected chi connectivity index (χ4v) is 5.32. The summed E-state index contributed by atoms with van der Waals surface area (Å²) in [6.07, 6.45) is 5.67. The van der Waals surface area contributed by atoms with Gasteiger partial charge in [0, 0.05) is 11.7 Å². The largest absolute Gasteiger partial charge is 0.452 e. The van der Waals surface area contributed by atoms with E-state index in [1.165, 1.54) is 37.8 Å². The normalized spacial score (nSPS) is 35.0. The fourth-order valence-electron chi connectivity index (χ4n) is 5.32. The number of nitrogens with zero attached hydrogens (tertiary/aromatic N) is 2. The maximum absolute atomic E-state index is 12.5. The Kier molecular flexibility index (Phi) is 2.39. The molecule has 5 rings (SSSR count). The van der Waals surface area contributed by atoms with Crippen molar-refractivity contribution in [2.75, 3.05) is 25.1 Å². The average Bonchev–Trinajstić information content (AvgIpc) is 3.09. The van der Waals surface area contributed by atoms with Gasteiger partial charge in [-0.05, 0) is 49.9 Å². The van der Waals surface area contributed by atoms with E-state index in [4.69, 9.17) is 4.74 Å². The zero-order valence-electron chi connectivity index (χ0n) is 12.8. The van der Waals surface area contributed by atoms with Crippen LogP contribution < -0.4 is 4.90 Å². The second-order valence-electron chi connectivity index (χ2n) is 6.93. The van der Waals surface area contributed by atoms with Crippen LogP contribution in [0, 0.1) is 5.92 Å². The Bertz CT molecular complexity index is 698. The fraction of sp³-hybridized carbons (Fsp3) is 0.500. The van der Waals surface area contributed by atoms with Gasteiger partial charge in [0.25, 0.3) is 0 Å². The Balaban J connectivity index is 1.79. The Hall–Kier alpha value is -1.81. The molecular weight excluding hydrogens is 276 g/mol. The SMILES string of the molecule is COC(=O)N1C2=C[C@H]3CCN4CC[C@@]2(c2ccccc21)[C@H]4C3. The average molecular weight is 296 g/mol. The molecule has 114 valence electrons. The molecule has 0 saturated carbocycles. The van der Waals surface area contributed by atoms with Crippen molar-refractivity contribution in [1.82, 2.24) is 4.90 Å². The smallest absolute Gasteiger partial charge is 0.418 e. The molecule has 2 fully saturated rings. The molecule has 3 heterocycles. The molecule has 0 N–H and O–H groups in total. The first-order chi connectivity index (χ1) is 10.8. The Morgan fingerprint density at radius 2 is 2.18 bits per heavy atom. The van der Waals surface area contributed by atoms with Gasteiger partial charge in [0.1, 0.15) is 0 Å². The summed E-state index contributed by atoms with van der Waals surface area (Å²) < 4.78 is 5.10. The van der Waals surface area contributed by atoms with Crippen LogP contribution in [0.5, 0.6) is 0 Å². The zero-order chi connectivity index (χ0) is 14.9. The van der Waals surface area contributed by atoms with Gasteiger partial charge >= 0.3 is 6.09 Å². The molecule has 22 heavy (non-hydrogen) atoms. The second kappa shape index (κ2) is 4.13. The summed E-state index contributed by atoms with van der Waals surface area (Å²) >= 11 is 0. The van der Waals surface area contributed by atoms with Gasteiger partial charge in [-0.25, -0.2) is 9.69 Å². The van der Waals surface area contributed by atoms with Crippen LogP contribution in [0.15, 0.2) is 36.0 Å². The minimum atomic E-state index is -0.256. The lowest BCUT2D eigenvalue weighted by Crippen LogP contribution is -2.51. The van der Waals surface area contributed by atoms with Crippen molar-refractivity contribution < 1.29 is 9.53 Å². The predicted octanol–water partition coefficient (Wildman–Crippen LogP) is 2.89. The molecule has 0 radical (unpaired) electrons. The third-order valence-corrected chi connectivity index (χ3v) is 6.19. The van der Waals surface area contributed by atoms with Crippen molar-refractivity contribution in [3.8, 4) is 0 Å². The number of piperidine rings is 1. The standard InChI is InChI=1S/C18H20N2O2/c1-22-17(21)20-14-5-3-2-4-13(14)18-7-9-19-8-6-12(10-15(18)19)11-16(18)20/h2-5,11-12,15H,6-10H2,1H3/t12-,15+,18+/m0/s1. The molecule has 4 aliphatic rings. The Morgan fingerprint density at radius 3 is 3.05 bits per heavy atom. The first-order valence-corrected chi connectivity index (χ1v) is 8.19. The molecule has 1 aromatic carbocycles. The predicted molar refractivity (Wildman–Crippen MR) is 83.8 cm³/mol. The maximum atomic E-state index is 12.5. The minimum absolute atomic E-state index is 0.00169. The van der Waals surface area contributed by atoms with Crippen LogP contribution in [-0.4, -0.2) is 37.2 Å². The molecule has 0 aromatic heterocycles. The number of rotatable bonds is 0. The number of carbonyl (C=O) groups is 1. The number of anilines is 1. The van der Waals surface area contributed by atoms with Crippen LogP contribution in [0.1, 0.15) is 24.8 Å². The number of benzene rings is 1. The minimum Gasteiger partial charge on any atom is -0.452 e. The van der Waals surface area contributed by atoms with E-state index in [0.29, 0.717) is 12.0 Å². The number of para-hydroxylation sites is 1. The Morgan fingerprint density at radius 1 is 1.32 bits per heavy atom. The first kappa shape index (κ1) is 12.7. The first-order valence-electron chi connectivity index (χ1n) is 8.19. The molecule has 2 bridgehead atoms. The van der Waals surface area contributed by atoms with Gasteiger partial charge in [0.15, 0.2) is 0 Å². The van der Waals surface area contributed by atoms with E-state index in [-0.39, 0.29) is 11.5 Å². The molecule has 1 spiro atoms. The monoisotopic (exact) mass is 296 g/mol. The van der Waals surface area contributed by atoms with E-state index in [1.54, 1.807) is 0 Å². The van der Waals surface area contributed by atoms with Crippen LogP contribution in [-0.2, 0) is 10.2 Å². The second-order valence-corrected chi connectivity index (χ2v) is 6.93. The summed E-state index contributed by atoms with van der Waals surface area (Å²) in [7, 11) is 1.47. The van der Waals surface area contributed by atoms with Crippen molar-refractivity contribution in [3.05, 3.63) is 41.6 Å². The lowest BCUT2D eigenvalue weighted by atomic mass is 9.65. The van der Waals surface area contributed by atoms with Crippen LogP contribution >= 0.6 is 0 Å². The lowest BCUT2D eigenvalue weighted by molar-refractivity contribution is 0.131. The molecule has 2 saturated heterocycles. The highest BCUT2D eigenvalue weighted by molar-refractivity contribution is 5.97. The molecule has 1 aliphatic carbocycles. The molecule has 1 amide bonds. The van der Waals surface area contributed by atoms with Gasteiger partial charge in [0.2, 0.25) is 0 Å². The summed E-state index contributed by atoms with van der Waals surface area (Å²) in [6.45, 7) is 2.33. The number of hydrogen-bond acceptors (Lipinski definition) is 3. The molecule has 0 unspecified atom stereocenters. The molecule has 3 atom stereocenters. The van der Waals surface area contributed by atoms with Gasteiger partial charge < -0.3 is 4.74 Å². The molecular formula is C18H20N2O2. The van der Waals surface area contributed by atoms with Gasteiger partial charge in [-0.2, -0.15) is 0 Å². The van der Waals surface area contributed by atoms with E-state index in [2.05, 4.69) is 29.2 Å². The van der Waals surface area contributed by atoms with Crippen molar-refractivity contribution in [3.63, 3.8) is 0 Å². The number of carbonyl (C=O) groups excluding carboxylic acids is 1. The zero-order valence-corrected chi connectivity index (χ0v) is 12.8. The third kappa shape index (κ3) is 1.30. The van der Waals surface area contributed by atoms with Crippen LogP contribution in [0.4, 0.5) is 10.5 Å². The summed E-state index contributed by atoms with van der Waals surface area (Å²) in [5.41, 5.74) is 3.53. The summed E-state index contributed by atoms with van der Waals surface area (Å²) in [6, 6.07) is 8.94. The van der Waals surface area contributed by atoms with E-state index in [9.17, 15) is 4.79 Å². The van der Waals surface area contributed by atoms with Crippen molar-refractivity contribution >= 4 is 11.8 Å². The summed E-state index contributed by atoms with van der Waals surface area (Å²) in [4.78, 5) is 16.9. The van der Waals surface area contributed by atoms with Gasteiger partial charge in [-0.3, -0.25) is 4.90 Å². The summed E-state index contributed by atoms with van der Waals surface area (Å²) in [5, 5.41) is 0. The molecule has 4 heteroatoms. The number of hydrogen-bond donors (Lipinski definition) is 0. The number of allylic oxidation sites excluding steroid dienone is 1. The van der Waals surface area contributed by atoms with E-state index >= 15 is 0 Å². The number of fused-ring (bicyclic) bond motifs is 2. The molecule has 1 aromatic rings. The van der Waals surface area contributed by atoms with Crippen molar-refractivity contribution in [2.45, 2.75) is 30.7 Å². The maximum Gasteiger partial charge on any atom is 0.418 e. The quantitative estimate of drug-likeness (QED) is 0.738. The highest BCUT2D eigenvalue weighted by atomic mass is 16.5. The highest BCUT2D eigenvalue weighted by Crippen LogP contribution is 2.60. The number of methoxy groups -OCH3 is 1. The van der Waals surface area contributed by atoms with Gasteiger partial charge in [-0.1, -0.05) is 24.3 Å². The number of amides is 1. The number of ether oxygens (including phenoxy) is 1. The Labute approximate surface area is 130 Å². The van der Waals surface area contributed by atoms with E-state index < -0.39 is 0 Å². The van der Waals surface area contributed by atoms with E-state index in [1.807, 2.05) is 11.0 Å². The summed E-state index contributed by atoms with van der Waals surface area (Å²) in [5.74, 6) is 0.601. The lowest BCUT2D eigenvalue weighted by Gasteiger charge is -2.46. The van der Waals surface area contributed by atoms with Gasteiger partial charge in [-0.15, -0.1) is 0 Å². The van der Waals surface area contributed by atoms with Gasteiger partial charge in [0.05, 0.1) is 18.2 Å².